The van der Waals surface area contributed by atoms with Crippen LogP contribution in [0.25, 0.3) is 6.08 Å². The van der Waals surface area contributed by atoms with Gasteiger partial charge in [0, 0.05) is 43.8 Å². The van der Waals surface area contributed by atoms with Gasteiger partial charge in [0.2, 0.25) is 11.8 Å². The first-order valence-corrected chi connectivity index (χ1v) is 21.8. The zero-order chi connectivity index (χ0) is 40.4. The average molecular weight is 793 g/mol. The number of carbonyl (C=O) groups is 3. The van der Waals surface area contributed by atoms with Crippen LogP contribution in [0.1, 0.15) is 106 Å². The van der Waals surface area contributed by atoms with Gasteiger partial charge in [-0.2, -0.15) is 0 Å². The third-order valence-electron chi connectivity index (χ3n) is 14.6. The fraction of sp³-hybridized carbons (Fsp3) is 0.604. The number of carbonyl (C=O) groups excluding carboxylic acids is 3. The van der Waals surface area contributed by atoms with Gasteiger partial charge < -0.3 is 34.3 Å². The molecular formula is C48H60N2O8. The molecule has 8 unspecified atom stereocenters. The topological polar surface area (TPSA) is 127 Å². The quantitative estimate of drug-likeness (QED) is 0.178. The number of benzene rings is 2. The first-order valence-electron chi connectivity index (χ1n) is 21.8. The van der Waals surface area contributed by atoms with Crippen molar-refractivity contribution in [2.24, 2.45) is 29.1 Å². The second-order valence-electron chi connectivity index (χ2n) is 19.2. The van der Waals surface area contributed by atoms with Crippen molar-refractivity contribution in [2.75, 3.05) is 20.2 Å². The highest BCUT2D eigenvalue weighted by Crippen LogP contribution is 2.61. The standard InChI is InChI=1S/C48H60N2O8/c1-46(2)28-36-32(14-19-41-47(3,57-41)21-20-37(36)46)24-30-10-12-31(13-11-30)45(54)55-39-26-33(27-40-42(39)58-48(56-40,34-15-16-34)35-17-18-35)44(53)50(4)38(43(52)49-22-23-51)25-29-8-6-5-7-9-29/h5-13,24,27,34-42,51H,14-23,25-26,28H2,1-4H3,(H,49,52). The number of likely N-dealkylation sites (N-methyl/N-ethyl adjacent to an activating group) is 1. The first-order chi connectivity index (χ1) is 27.9. The lowest BCUT2D eigenvalue weighted by molar-refractivity contribution is -0.209. The first kappa shape index (κ1) is 39.6. The molecule has 2 heterocycles. The Labute approximate surface area is 342 Å². The minimum Gasteiger partial charge on any atom is -0.456 e. The van der Waals surface area contributed by atoms with Gasteiger partial charge in [0.15, 0.2) is 5.79 Å². The van der Waals surface area contributed by atoms with Crippen LogP contribution in [0.2, 0.25) is 0 Å². The summed E-state index contributed by atoms with van der Waals surface area (Å²) in [5.41, 5.74) is 4.71. The fourth-order valence-corrected chi connectivity index (χ4v) is 10.8. The van der Waals surface area contributed by atoms with E-state index in [9.17, 15) is 19.5 Å². The van der Waals surface area contributed by atoms with E-state index in [0.717, 1.165) is 56.1 Å². The van der Waals surface area contributed by atoms with E-state index in [1.165, 1.54) is 23.3 Å². The summed E-state index contributed by atoms with van der Waals surface area (Å²) < 4.78 is 26.2. The van der Waals surface area contributed by atoms with Crippen LogP contribution in [-0.4, -0.2) is 89.8 Å². The summed E-state index contributed by atoms with van der Waals surface area (Å²) in [6.45, 7) is 6.96. The molecule has 310 valence electrons. The molecular weight excluding hydrogens is 733 g/mol. The number of nitrogens with one attached hydrogen (secondary N) is 1. The van der Waals surface area contributed by atoms with Crippen molar-refractivity contribution in [3.8, 4) is 0 Å². The smallest absolute Gasteiger partial charge is 0.338 e. The van der Waals surface area contributed by atoms with Crippen molar-refractivity contribution in [1.29, 1.82) is 0 Å². The van der Waals surface area contributed by atoms with Crippen LogP contribution in [0.5, 0.6) is 0 Å². The van der Waals surface area contributed by atoms with Gasteiger partial charge in [-0.1, -0.05) is 68.0 Å². The third-order valence-corrected chi connectivity index (χ3v) is 14.6. The summed E-state index contributed by atoms with van der Waals surface area (Å²) in [7, 11) is 1.63. The van der Waals surface area contributed by atoms with Crippen molar-refractivity contribution >= 4 is 23.9 Å². The van der Waals surface area contributed by atoms with Gasteiger partial charge in [0.05, 0.1) is 23.9 Å². The number of aliphatic hydroxyl groups excluding tert-OH is 1. The molecule has 2 aliphatic heterocycles. The van der Waals surface area contributed by atoms with Gasteiger partial charge in [-0.3, -0.25) is 9.59 Å². The maximum absolute atomic E-state index is 14.4. The number of esters is 1. The van der Waals surface area contributed by atoms with Crippen LogP contribution in [0.4, 0.5) is 0 Å². The van der Waals surface area contributed by atoms with Gasteiger partial charge in [-0.15, -0.1) is 0 Å². The maximum atomic E-state index is 14.4. The zero-order valence-corrected chi connectivity index (χ0v) is 34.5. The second-order valence-corrected chi connectivity index (χ2v) is 19.2. The summed E-state index contributed by atoms with van der Waals surface area (Å²) in [5.74, 6) is -0.0868. The molecule has 2 aromatic carbocycles. The molecule has 0 aromatic heterocycles. The minimum atomic E-state index is -0.830. The van der Waals surface area contributed by atoms with Crippen LogP contribution in [0.3, 0.4) is 0 Å². The summed E-state index contributed by atoms with van der Waals surface area (Å²) >= 11 is 0. The Morgan fingerprint density at radius 3 is 2.34 bits per heavy atom. The molecule has 4 saturated carbocycles. The normalized spacial score (nSPS) is 33.1. The van der Waals surface area contributed by atoms with Crippen molar-refractivity contribution in [3.05, 3.63) is 88.5 Å². The Hall–Kier alpha value is -3.83. The molecule has 7 aliphatic rings. The van der Waals surface area contributed by atoms with Gasteiger partial charge >= 0.3 is 5.97 Å². The largest absolute Gasteiger partial charge is 0.456 e. The molecule has 9 rings (SSSR count). The number of allylic oxidation sites excluding steroid dienone is 1. The van der Waals surface area contributed by atoms with Crippen LogP contribution in [0, 0.1) is 29.1 Å². The fourth-order valence-electron chi connectivity index (χ4n) is 10.8. The number of fused-ring (bicyclic) bond motifs is 3. The molecule has 58 heavy (non-hydrogen) atoms. The predicted octanol–water partition coefficient (Wildman–Crippen LogP) is 6.80. The second kappa shape index (κ2) is 15.3. The zero-order valence-electron chi connectivity index (χ0n) is 34.5. The number of hydrogen-bond donors (Lipinski definition) is 2. The lowest BCUT2D eigenvalue weighted by Crippen LogP contribution is -2.51. The van der Waals surface area contributed by atoms with Crippen molar-refractivity contribution in [1.82, 2.24) is 10.2 Å². The number of hydrogen-bond acceptors (Lipinski definition) is 8. The van der Waals surface area contributed by atoms with Crippen molar-refractivity contribution < 1.29 is 38.4 Å². The Kier molecular flexibility index (Phi) is 10.5. The number of epoxide rings is 1. The Morgan fingerprint density at radius 2 is 1.67 bits per heavy atom. The van der Waals surface area contributed by atoms with Crippen LogP contribution in [0.15, 0.2) is 71.8 Å². The summed E-state index contributed by atoms with van der Waals surface area (Å²) in [4.78, 5) is 43.3. The molecule has 10 heteroatoms. The van der Waals surface area contributed by atoms with Gasteiger partial charge in [0.1, 0.15) is 24.4 Å². The van der Waals surface area contributed by atoms with E-state index in [4.69, 9.17) is 18.9 Å². The number of aliphatic hydroxyl groups is 1. The van der Waals surface area contributed by atoms with Crippen LogP contribution in [-0.2, 0) is 35.0 Å². The van der Waals surface area contributed by atoms with E-state index in [1.807, 2.05) is 60.7 Å². The Bertz CT molecular complexity index is 1940. The lowest BCUT2D eigenvalue weighted by atomic mass is 9.52. The molecule has 10 nitrogen and oxygen atoms in total. The summed E-state index contributed by atoms with van der Waals surface area (Å²) in [6, 6.07) is 16.4. The highest BCUT2D eigenvalue weighted by atomic mass is 16.8. The molecule has 0 radical (unpaired) electrons. The van der Waals surface area contributed by atoms with E-state index >= 15 is 0 Å². The van der Waals surface area contributed by atoms with E-state index in [1.54, 1.807) is 7.05 Å². The number of ether oxygens (including phenoxy) is 4. The average Bonchev–Trinajstić information content (AvgIpc) is 4.13. The van der Waals surface area contributed by atoms with E-state index < -0.39 is 36.1 Å². The van der Waals surface area contributed by atoms with Crippen molar-refractivity contribution in [2.45, 2.75) is 133 Å². The van der Waals surface area contributed by atoms with Gasteiger partial charge in [-0.05, 0) is 111 Å². The molecule has 2 saturated heterocycles. The predicted molar refractivity (Wildman–Crippen MR) is 218 cm³/mol. The molecule has 0 spiro atoms. The highest BCUT2D eigenvalue weighted by molar-refractivity contribution is 5.97. The highest BCUT2D eigenvalue weighted by Gasteiger charge is 2.65. The lowest BCUT2D eigenvalue weighted by Gasteiger charge is -2.53. The molecule has 2 aromatic rings. The molecule has 2 N–H and O–H groups in total. The van der Waals surface area contributed by atoms with E-state index in [2.05, 4.69) is 32.2 Å². The summed E-state index contributed by atoms with van der Waals surface area (Å²) in [6.07, 6.45) is 12.8. The minimum absolute atomic E-state index is 0.0424. The third kappa shape index (κ3) is 7.70. The van der Waals surface area contributed by atoms with Crippen molar-refractivity contribution in [3.63, 3.8) is 0 Å². The summed E-state index contributed by atoms with van der Waals surface area (Å²) in [5, 5.41) is 12.2. The number of nitrogens with zero attached hydrogens (tertiary/aromatic N) is 1. The molecule has 0 bridgehead atoms. The Balaban J connectivity index is 0.937. The molecule has 6 fully saturated rings. The Morgan fingerprint density at radius 1 is 0.948 bits per heavy atom. The van der Waals surface area contributed by atoms with Crippen LogP contribution >= 0.6 is 0 Å². The SMILES string of the molecule is CN(C(=O)C1=CC2OC(C3CC3)(C3CC3)OC2C(OC(=O)c2ccc(C=C3CCC4OC4(C)CCC4C3CC4(C)C)cc2)C1)C(Cc1ccccc1)C(=O)NCCO. The van der Waals surface area contributed by atoms with E-state index in [-0.39, 0.29) is 48.8 Å². The van der Waals surface area contributed by atoms with Gasteiger partial charge in [-0.25, -0.2) is 4.79 Å². The van der Waals surface area contributed by atoms with Gasteiger partial charge in [0.25, 0.3) is 0 Å². The number of amides is 2. The molecule has 8 atom stereocenters. The molecule has 5 aliphatic carbocycles. The monoisotopic (exact) mass is 792 g/mol. The molecule has 2 amide bonds. The van der Waals surface area contributed by atoms with Crippen LogP contribution < -0.4 is 5.32 Å². The maximum Gasteiger partial charge on any atom is 0.338 e. The number of rotatable bonds is 12. The van der Waals surface area contributed by atoms with E-state index in [0.29, 0.717) is 40.9 Å².